The molecule has 0 amide bonds. The molecular formula is C26H31N3O2. The first-order valence-electron chi connectivity index (χ1n) is 11.3. The Morgan fingerprint density at radius 3 is 2.52 bits per heavy atom. The Hall–Kier alpha value is -2.47. The molecule has 1 saturated heterocycles. The second kappa shape index (κ2) is 8.58. The number of Topliss-reactive ketones (excluding diaryl/α,β-unsaturated/α-hetero) is 1. The highest BCUT2D eigenvalue weighted by atomic mass is 16.5. The quantitative estimate of drug-likeness (QED) is 0.699. The van der Waals surface area contributed by atoms with E-state index in [4.69, 9.17) is 4.74 Å². The van der Waals surface area contributed by atoms with E-state index in [9.17, 15) is 4.79 Å². The first-order chi connectivity index (χ1) is 15.1. The van der Waals surface area contributed by atoms with Gasteiger partial charge in [-0.05, 0) is 30.8 Å². The molecule has 0 spiro atoms. The number of hydrogen-bond acceptors (Lipinski definition) is 5. The van der Waals surface area contributed by atoms with Crippen molar-refractivity contribution in [3.8, 4) is 0 Å². The van der Waals surface area contributed by atoms with Gasteiger partial charge in [-0.3, -0.25) is 14.6 Å². The normalized spacial score (nSPS) is 21.5. The van der Waals surface area contributed by atoms with E-state index in [1.54, 1.807) is 0 Å². The second-order valence-corrected chi connectivity index (χ2v) is 9.16. The van der Waals surface area contributed by atoms with Crippen molar-refractivity contribution in [2.24, 2.45) is 0 Å². The third kappa shape index (κ3) is 4.18. The number of carbonyl (C=O) groups excluding carboxylic acids is 1. The van der Waals surface area contributed by atoms with Crippen molar-refractivity contribution in [2.75, 3.05) is 53.4 Å². The molecule has 5 nitrogen and oxygen atoms in total. The third-order valence-electron chi connectivity index (χ3n) is 6.66. The molecule has 0 N–H and O–H groups in total. The maximum Gasteiger partial charge on any atom is 0.171 e. The van der Waals surface area contributed by atoms with Crippen LogP contribution in [0.3, 0.4) is 0 Å². The Morgan fingerprint density at radius 1 is 0.935 bits per heavy atom. The predicted octanol–water partition coefficient (Wildman–Crippen LogP) is 2.89. The summed E-state index contributed by atoms with van der Waals surface area (Å²) in [7, 11) is 4.27. The van der Waals surface area contributed by atoms with Crippen LogP contribution in [-0.2, 0) is 29.1 Å². The zero-order valence-electron chi connectivity index (χ0n) is 18.6. The number of ether oxygens (including phenoxy) is 1. The van der Waals surface area contributed by atoms with E-state index in [2.05, 4.69) is 47.0 Å². The number of piperazine rings is 1. The Kier molecular flexibility index (Phi) is 5.65. The molecule has 0 saturated carbocycles. The van der Waals surface area contributed by atoms with Crippen molar-refractivity contribution in [3.05, 3.63) is 70.3 Å². The summed E-state index contributed by atoms with van der Waals surface area (Å²) in [6, 6.07) is 14.7. The van der Waals surface area contributed by atoms with E-state index >= 15 is 0 Å². The van der Waals surface area contributed by atoms with E-state index in [0.29, 0.717) is 13.0 Å². The summed E-state index contributed by atoms with van der Waals surface area (Å²) in [6.45, 7) is 8.30. The summed E-state index contributed by atoms with van der Waals surface area (Å²) in [5.41, 5.74) is 6.50. The summed E-state index contributed by atoms with van der Waals surface area (Å²) >= 11 is 0. The number of nitrogens with zero attached hydrogens (tertiary/aromatic N) is 3. The molecule has 0 aromatic heterocycles. The highest BCUT2D eigenvalue weighted by Crippen LogP contribution is 2.40. The summed E-state index contributed by atoms with van der Waals surface area (Å²) < 4.78 is 6.07. The SMILES string of the molecule is CN(C)CCN1CCN(Cc2ccc3c(c2)CO/C3=C2/C(=O)Cc3ccccc32)CC1. The second-order valence-electron chi connectivity index (χ2n) is 9.16. The van der Waals surface area contributed by atoms with Gasteiger partial charge >= 0.3 is 0 Å². The third-order valence-corrected chi connectivity index (χ3v) is 6.66. The lowest BCUT2D eigenvalue weighted by atomic mass is 9.99. The van der Waals surface area contributed by atoms with Gasteiger partial charge in [0.15, 0.2) is 5.78 Å². The van der Waals surface area contributed by atoms with Gasteiger partial charge in [0, 0.05) is 63.4 Å². The molecule has 1 aliphatic carbocycles. The monoisotopic (exact) mass is 417 g/mol. The largest absolute Gasteiger partial charge is 0.487 e. The maximum atomic E-state index is 12.7. The van der Waals surface area contributed by atoms with Gasteiger partial charge in [-0.15, -0.1) is 0 Å². The number of benzene rings is 2. The Labute approximate surface area is 184 Å². The van der Waals surface area contributed by atoms with Crippen molar-refractivity contribution in [3.63, 3.8) is 0 Å². The summed E-state index contributed by atoms with van der Waals surface area (Å²) in [5.74, 6) is 0.936. The number of rotatable bonds is 5. The van der Waals surface area contributed by atoms with E-state index in [0.717, 1.165) is 73.8 Å². The molecule has 2 heterocycles. The molecule has 0 atom stereocenters. The van der Waals surface area contributed by atoms with Gasteiger partial charge in [-0.1, -0.05) is 42.5 Å². The van der Waals surface area contributed by atoms with Crippen LogP contribution < -0.4 is 0 Å². The maximum absolute atomic E-state index is 12.7. The van der Waals surface area contributed by atoms with Crippen molar-refractivity contribution < 1.29 is 9.53 Å². The number of fused-ring (bicyclic) bond motifs is 2. The highest BCUT2D eigenvalue weighted by molar-refractivity contribution is 6.31. The zero-order chi connectivity index (χ0) is 21.4. The zero-order valence-corrected chi connectivity index (χ0v) is 18.6. The average Bonchev–Trinajstić information content (AvgIpc) is 3.32. The molecular weight excluding hydrogens is 386 g/mol. The van der Waals surface area contributed by atoms with E-state index in [-0.39, 0.29) is 5.78 Å². The van der Waals surface area contributed by atoms with Crippen LogP contribution in [0.25, 0.3) is 11.3 Å². The van der Waals surface area contributed by atoms with Gasteiger partial charge in [0.2, 0.25) is 0 Å². The lowest BCUT2D eigenvalue weighted by Gasteiger charge is -2.35. The lowest BCUT2D eigenvalue weighted by Crippen LogP contribution is -2.47. The smallest absolute Gasteiger partial charge is 0.171 e. The number of ketones is 1. The summed E-state index contributed by atoms with van der Waals surface area (Å²) in [4.78, 5) is 20.1. The number of allylic oxidation sites excluding steroid dienone is 1. The molecule has 162 valence electrons. The van der Waals surface area contributed by atoms with Crippen LogP contribution in [-0.4, -0.2) is 73.8 Å². The van der Waals surface area contributed by atoms with Crippen molar-refractivity contribution in [1.29, 1.82) is 0 Å². The van der Waals surface area contributed by atoms with Crippen molar-refractivity contribution in [1.82, 2.24) is 14.7 Å². The Bertz CT molecular complexity index is 1020. The van der Waals surface area contributed by atoms with Crippen LogP contribution >= 0.6 is 0 Å². The van der Waals surface area contributed by atoms with Gasteiger partial charge in [0.05, 0.1) is 5.57 Å². The van der Waals surface area contributed by atoms with Gasteiger partial charge in [0.25, 0.3) is 0 Å². The first kappa shape index (κ1) is 20.4. The van der Waals surface area contributed by atoms with E-state index in [1.165, 1.54) is 11.1 Å². The standard InChI is InChI=1S/C26H31N3O2/c1-27(2)9-10-28-11-13-29(14-12-28)17-19-7-8-23-21(15-19)18-31-26(23)25-22-6-4-3-5-20(22)16-24(25)30/h3-8,15H,9-14,16-18H2,1-2H3/b26-25+. The number of likely N-dealkylation sites (N-methyl/N-ethyl adjacent to an activating group) is 1. The molecule has 0 bridgehead atoms. The Balaban J connectivity index is 1.28. The molecule has 2 aromatic carbocycles. The Morgan fingerprint density at radius 2 is 1.71 bits per heavy atom. The fourth-order valence-corrected chi connectivity index (χ4v) is 4.87. The minimum Gasteiger partial charge on any atom is -0.487 e. The van der Waals surface area contributed by atoms with Crippen LogP contribution in [0.2, 0.25) is 0 Å². The molecule has 0 radical (unpaired) electrons. The number of carbonyl (C=O) groups is 1. The molecule has 5 heteroatoms. The van der Waals surface area contributed by atoms with Crippen molar-refractivity contribution in [2.45, 2.75) is 19.6 Å². The van der Waals surface area contributed by atoms with Crippen LogP contribution in [0.4, 0.5) is 0 Å². The molecule has 3 aliphatic rings. The summed E-state index contributed by atoms with van der Waals surface area (Å²) in [6.07, 6.45) is 0.478. The van der Waals surface area contributed by atoms with E-state index in [1.807, 2.05) is 24.3 Å². The fraction of sp³-hybridized carbons (Fsp3) is 0.423. The minimum atomic E-state index is 0.167. The molecule has 5 rings (SSSR count). The lowest BCUT2D eigenvalue weighted by molar-refractivity contribution is -0.112. The topological polar surface area (TPSA) is 36.0 Å². The van der Waals surface area contributed by atoms with Gasteiger partial charge < -0.3 is 9.64 Å². The first-order valence-corrected chi connectivity index (χ1v) is 11.3. The fourth-order valence-electron chi connectivity index (χ4n) is 4.87. The predicted molar refractivity (Wildman–Crippen MR) is 123 cm³/mol. The average molecular weight is 418 g/mol. The van der Waals surface area contributed by atoms with Crippen LogP contribution in [0.15, 0.2) is 42.5 Å². The molecule has 2 aromatic rings. The summed E-state index contributed by atoms with van der Waals surface area (Å²) in [5, 5.41) is 0. The molecule has 31 heavy (non-hydrogen) atoms. The molecule has 2 aliphatic heterocycles. The molecule has 0 unspecified atom stereocenters. The van der Waals surface area contributed by atoms with Crippen LogP contribution in [0.5, 0.6) is 0 Å². The minimum absolute atomic E-state index is 0.167. The van der Waals surface area contributed by atoms with Gasteiger partial charge in [-0.2, -0.15) is 0 Å². The molecule has 1 fully saturated rings. The van der Waals surface area contributed by atoms with Gasteiger partial charge in [-0.25, -0.2) is 0 Å². The van der Waals surface area contributed by atoms with Crippen LogP contribution in [0.1, 0.15) is 27.8 Å². The number of hydrogen-bond donors (Lipinski definition) is 0. The van der Waals surface area contributed by atoms with E-state index < -0.39 is 0 Å². The highest BCUT2D eigenvalue weighted by Gasteiger charge is 2.32. The van der Waals surface area contributed by atoms with Gasteiger partial charge in [0.1, 0.15) is 12.4 Å². The van der Waals surface area contributed by atoms with Crippen LogP contribution in [0, 0.1) is 0 Å². The van der Waals surface area contributed by atoms with Crippen molar-refractivity contribution >= 4 is 17.1 Å².